The molecule has 0 atom stereocenters. The van der Waals surface area contributed by atoms with Crippen LogP contribution in [-0.2, 0) is 0 Å². The molecule has 0 aromatic carbocycles. The van der Waals surface area contributed by atoms with Crippen LogP contribution in [0.4, 0.5) is 4.79 Å². The van der Waals surface area contributed by atoms with Gasteiger partial charge in [0, 0.05) is 13.1 Å². The number of carbonyl (C=O) groups excluding carboxylic acids is 1. The number of aliphatic hydroxyl groups is 1. The molecule has 0 unspecified atom stereocenters. The number of carbonyl (C=O) groups is 1. The maximum absolute atomic E-state index is 10.9. The second-order valence-electron chi connectivity index (χ2n) is 1.81. The highest BCUT2D eigenvalue weighted by molar-refractivity contribution is 5.73. The number of hydrogen-bond acceptors (Lipinski definition) is 2. The first-order valence-corrected chi connectivity index (χ1v) is 3.39. The maximum Gasteiger partial charge on any atom is 0.319 e. The highest BCUT2D eigenvalue weighted by Crippen LogP contribution is 1.85. The van der Waals surface area contributed by atoms with E-state index in [1.54, 1.807) is 4.90 Å². The van der Waals surface area contributed by atoms with Crippen LogP contribution in [0.5, 0.6) is 0 Å². The van der Waals surface area contributed by atoms with Crippen molar-refractivity contribution in [2.24, 2.45) is 0 Å². The average molecular weight is 146 g/mol. The van der Waals surface area contributed by atoms with Crippen LogP contribution in [0.1, 0.15) is 13.8 Å². The monoisotopic (exact) mass is 146 g/mol. The van der Waals surface area contributed by atoms with E-state index in [0.717, 1.165) is 0 Å². The lowest BCUT2D eigenvalue weighted by Gasteiger charge is -2.17. The topological polar surface area (TPSA) is 52.6 Å². The normalized spacial score (nSPS) is 9.10. The van der Waals surface area contributed by atoms with Crippen LogP contribution in [-0.4, -0.2) is 35.9 Å². The third-order valence-corrected chi connectivity index (χ3v) is 1.28. The third-order valence-electron chi connectivity index (χ3n) is 1.28. The standard InChI is InChI=1S/C6H14N2O2/c1-3-8(4-2)6(10)7-5-9/h9H,3-5H2,1-2H3,(H,7,10). The van der Waals surface area contributed by atoms with Gasteiger partial charge in [-0.25, -0.2) is 4.79 Å². The first-order chi connectivity index (χ1) is 4.76. The third kappa shape index (κ3) is 2.68. The van der Waals surface area contributed by atoms with Crippen molar-refractivity contribution >= 4 is 6.03 Å². The molecule has 2 N–H and O–H groups in total. The van der Waals surface area contributed by atoms with E-state index >= 15 is 0 Å². The Morgan fingerprint density at radius 3 is 2.30 bits per heavy atom. The van der Waals surface area contributed by atoms with Crippen LogP contribution in [0.15, 0.2) is 0 Å². The molecule has 0 heterocycles. The molecule has 0 aliphatic rings. The Labute approximate surface area is 60.8 Å². The van der Waals surface area contributed by atoms with E-state index in [1.165, 1.54) is 0 Å². The van der Waals surface area contributed by atoms with Gasteiger partial charge >= 0.3 is 6.03 Å². The Hall–Kier alpha value is -0.770. The lowest BCUT2D eigenvalue weighted by molar-refractivity contribution is 0.185. The van der Waals surface area contributed by atoms with Gasteiger partial charge in [0.05, 0.1) is 0 Å². The molecule has 10 heavy (non-hydrogen) atoms. The van der Waals surface area contributed by atoms with Gasteiger partial charge in [0.25, 0.3) is 0 Å². The molecule has 4 nitrogen and oxygen atoms in total. The zero-order valence-corrected chi connectivity index (χ0v) is 6.42. The molecule has 0 aromatic rings. The number of hydrogen-bond donors (Lipinski definition) is 2. The lowest BCUT2D eigenvalue weighted by atomic mass is 10.5. The first-order valence-electron chi connectivity index (χ1n) is 3.39. The summed E-state index contributed by atoms with van der Waals surface area (Å²) in [5, 5.41) is 10.6. The highest BCUT2D eigenvalue weighted by atomic mass is 16.3. The SMILES string of the molecule is CCN(CC)C(=O)NCO. The van der Waals surface area contributed by atoms with Gasteiger partial charge in [0.15, 0.2) is 0 Å². The zero-order valence-electron chi connectivity index (χ0n) is 6.42. The smallest absolute Gasteiger partial charge is 0.319 e. The summed E-state index contributed by atoms with van der Waals surface area (Å²) in [7, 11) is 0. The van der Waals surface area contributed by atoms with E-state index in [2.05, 4.69) is 5.32 Å². The summed E-state index contributed by atoms with van der Waals surface area (Å²) < 4.78 is 0. The fourth-order valence-corrected chi connectivity index (χ4v) is 0.690. The van der Waals surface area contributed by atoms with Gasteiger partial charge < -0.3 is 15.3 Å². The fraction of sp³-hybridized carbons (Fsp3) is 0.833. The van der Waals surface area contributed by atoms with Crippen molar-refractivity contribution in [1.29, 1.82) is 0 Å². The molecule has 0 aromatic heterocycles. The molecular formula is C6H14N2O2. The summed E-state index contributed by atoms with van der Waals surface area (Å²) in [6.07, 6.45) is 0. The Bertz CT molecular complexity index is 102. The summed E-state index contributed by atoms with van der Waals surface area (Å²) in [6, 6.07) is -0.215. The molecule has 60 valence electrons. The number of aliphatic hydroxyl groups excluding tert-OH is 1. The predicted octanol–water partition coefficient (Wildman–Crippen LogP) is -0.0124. The lowest BCUT2D eigenvalue weighted by Crippen LogP contribution is -2.39. The molecule has 0 saturated heterocycles. The number of nitrogens with one attached hydrogen (secondary N) is 1. The van der Waals surface area contributed by atoms with Gasteiger partial charge in [0.2, 0.25) is 0 Å². The summed E-state index contributed by atoms with van der Waals surface area (Å²) in [5.41, 5.74) is 0. The molecule has 0 bridgehead atoms. The Morgan fingerprint density at radius 2 is 2.00 bits per heavy atom. The van der Waals surface area contributed by atoms with Crippen molar-refractivity contribution in [3.05, 3.63) is 0 Å². The summed E-state index contributed by atoms with van der Waals surface area (Å²) in [6.45, 7) is 4.82. The van der Waals surface area contributed by atoms with E-state index in [1.807, 2.05) is 13.8 Å². The van der Waals surface area contributed by atoms with E-state index in [4.69, 9.17) is 5.11 Å². The van der Waals surface area contributed by atoms with E-state index < -0.39 is 0 Å². The van der Waals surface area contributed by atoms with Crippen LogP contribution in [0.2, 0.25) is 0 Å². The van der Waals surface area contributed by atoms with Crippen molar-refractivity contribution in [3.8, 4) is 0 Å². The van der Waals surface area contributed by atoms with Gasteiger partial charge in [0.1, 0.15) is 6.73 Å². The molecule has 4 heteroatoms. The minimum absolute atomic E-state index is 0.215. The molecule has 0 rings (SSSR count). The molecule has 0 saturated carbocycles. The van der Waals surface area contributed by atoms with Crippen molar-refractivity contribution in [2.75, 3.05) is 19.8 Å². The number of rotatable bonds is 3. The fourth-order valence-electron chi connectivity index (χ4n) is 0.690. The van der Waals surface area contributed by atoms with Crippen molar-refractivity contribution in [2.45, 2.75) is 13.8 Å². The van der Waals surface area contributed by atoms with Gasteiger partial charge in [-0.05, 0) is 13.8 Å². The molecule has 2 amide bonds. The zero-order chi connectivity index (χ0) is 7.98. The largest absolute Gasteiger partial charge is 0.376 e. The Morgan fingerprint density at radius 1 is 1.50 bits per heavy atom. The van der Waals surface area contributed by atoms with Crippen LogP contribution in [0.25, 0.3) is 0 Å². The average Bonchev–Trinajstić information content (AvgIpc) is 1.91. The highest BCUT2D eigenvalue weighted by Gasteiger charge is 2.05. The van der Waals surface area contributed by atoms with Crippen LogP contribution in [0.3, 0.4) is 0 Å². The molecule has 0 aliphatic carbocycles. The van der Waals surface area contributed by atoms with Crippen molar-refractivity contribution in [3.63, 3.8) is 0 Å². The van der Waals surface area contributed by atoms with Gasteiger partial charge in [-0.3, -0.25) is 0 Å². The minimum Gasteiger partial charge on any atom is -0.376 e. The summed E-state index contributed by atoms with van der Waals surface area (Å²) in [4.78, 5) is 12.5. The van der Waals surface area contributed by atoms with Gasteiger partial charge in [-0.2, -0.15) is 0 Å². The number of urea groups is 1. The van der Waals surface area contributed by atoms with Gasteiger partial charge in [-0.15, -0.1) is 0 Å². The van der Waals surface area contributed by atoms with Crippen LogP contribution in [0, 0.1) is 0 Å². The minimum atomic E-state index is -0.296. The van der Waals surface area contributed by atoms with E-state index in [0.29, 0.717) is 13.1 Å². The van der Waals surface area contributed by atoms with Crippen LogP contribution >= 0.6 is 0 Å². The Balaban J connectivity index is 3.65. The second-order valence-corrected chi connectivity index (χ2v) is 1.81. The number of amides is 2. The molecule has 0 aliphatic heterocycles. The summed E-state index contributed by atoms with van der Waals surface area (Å²) >= 11 is 0. The quantitative estimate of drug-likeness (QED) is 0.550. The first kappa shape index (κ1) is 9.23. The maximum atomic E-state index is 10.9. The molecule has 0 fully saturated rings. The molecule has 0 radical (unpaired) electrons. The van der Waals surface area contributed by atoms with E-state index in [-0.39, 0.29) is 12.8 Å². The van der Waals surface area contributed by atoms with Crippen molar-refractivity contribution < 1.29 is 9.90 Å². The van der Waals surface area contributed by atoms with Crippen molar-refractivity contribution in [1.82, 2.24) is 10.2 Å². The molecule has 0 spiro atoms. The van der Waals surface area contributed by atoms with E-state index in [9.17, 15) is 4.79 Å². The Kier molecular flexibility index (Phi) is 4.66. The molecular weight excluding hydrogens is 132 g/mol. The van der Waals surface area contributed by atoms with Gasteiger partial charge in [-0.1, -0.05) is 0 Å². The predicted molar refractivity (Wildman–Crippen MR) is 38.5 cm³/mol. The number of nitrogens with zero attached hydrogens (tertiary/aromatic N) is 1. The summed E-state index contributed by atoms with van der Waals surface area (Å²) in [5.74, 6) is 0. The second kappa shape index (κ2) is 5.05. The van der Waals surface area contributed by atoms with Crippen LogP contribution < -0.4 is 5.32 Å².